The molecule has 0 aliphatic heterocycles. The molecule has 120 valence electrons. The van der Waals surface area contributed by atoms with E-state index in [4.69, 9.17) is 15.3 Å². The van der Waals surface area contributed by atoms with E-state index in [-0.39, 0.29) is 19.8 Å². The number of aliphatic hydroxyl groups excluding tert-OH is 3. The van der Waals surface area contributed by atoms with Gasteiger partial charge in [0, 0.05) is 19.8 Å². The lowest BCUT2D eigenvalue weighted by Crippen LogP contribution is -1.85. The van der Waals surface area contributed by atoms with Crippen molar-refractivity contribution in [2.45, 2.75) is 85.0 Å². The summed E-state index contributed by atoms with van der Waals surface area (Å²) in [7, 11) is 0. The number of rotatable bonds is 0. The molecule has 0 bridgehead atoms. The van der Waals surface area contributed by atoms with E-state index in [1.807, 2.05) is 0 Å². The fourth-order valence-corrected chi connectivity index (χ4v) is 1.77. The Morgan fingerprint density at radius 2 is 0.474 bits per heavy atom. The Bertz CT molecular complexity index is 70.2. The van der Waals surface area contributed by atoms with Crippen LogP contribution in [0.4, 0.5) is 0 Å². The first-order chi connectivity index (χ1) is 9.24. The molecule has 0 spiro atoms. The van der Waals surface area contributed by atoms with Crippen LogP contribution in [0.25, 0.3) is 0 Å². The van der Waals surface area contributed by atoms with Crippen LogP contribution in [0, 0.1) is 0 Å². The van der Waals surface area contributed by atoms with Gasteiger partial charge in [0.15, 0.2) is 0 Å². The summed E-state index contributed by atoms with van der Waals surface area (Å²) in [6.45, 7) is 5.79. The van der Waals surface area contributed by atoms with Crippen LogP contribution in [0.5, 0.6) is 0 Å². The second-order valence-corrected chi connectivity index (χ2v) is 4.48. The summed E-state index contributed by atoms with van der Waals surface area (Å²) in [6.07, 6.45) is 15.0. The minimum Gasteiger partial charge on any atom is -0.397 e. The second-order valence-electron chi connectivity index (χ2n) is 4.48. The summed E-state index contributed by atoms with van der Waals surface area (Å²) in [5.74, 6) is 0. The molecule has 0 amide bonds. The normalized spacial score (nSPS) is 15.5. The van der Waals surface area contributed by atoms with Gasteiger partial charge < -0.3 is 15.3 Å². The third-order valence-electron chi connectivity index (χ3n) is 2.50. The van der Waals surface area contributed by atoms with Crippen molar-refractivity contribution < 1.29 is 15.3 Å². The molecular formula is C16H38O3. The highest BCUT2D eigenvalue weighted by atomic mass is 16.3. The van der Waals surface area contributed by atoms with Crippen molar-refractivity contribution in [2.75, 3.05) is 19.8 Å². The van der Waals surface area contributed by atoms with Crippen LogP contribution in [0.3, 0.4) is 0 Å². The molecule has 3 nitrogen and oxygen atoms in total. The van der Waals surface area contributed by atoms with Crippen LogP contribution >= 0.6 is 0 Å². The van der Waals surface area contributed by atoms with Gasteiger partial charge in [0.25, 0.3) is 0 Å². The maximum Gasteiger partial charge on any atom is 0.0402 e. The summed E-state index contributed by atoms with van der Waals surface area (Å²) in [5.41, 5.74) is 0. The molecule has 0 heterocycles. The summed E-state index contributed by atoms with van der Waals surface area (Å²) in [6, 6.07) is 0. The van der Waals surface area contributed by atoms with Gasteiger partial charge in [0.05, 0.1) is 0 Å². The molecule has 0 aromatic heterocycles. The molecule has 1 aliphatic rings. The van der Waals surface area contributed by atoms with Crippen LogP contribution in [0.15, 0.2) is 0 Å². The van der Waals surface area contributed by atoms with Crippen molar-refractivity contribution >= 4 is 0 Å². The Balaban J connectivity index is -0.000000238. The van der Waals surface area contributed by atoms with E-state index in [1.165, 1.54) is 64.2 Å². The SMILES string of the molecule is C1CCCCCCCCC1.CCO.CCO.CCO. The van der Waals surface area contributed by atoms with Crippen LogP contribution < -0.4 is 0 Å². The Hall–Kier alpha value is -0.120. The zero-order chi connectivity index (χ0) is 15.2. The van der Waals surface area contributed by atoms with E-state index in [0.29, 0.717) is 0 Å². The molecule has 0 radical (unpaired) electrons. The Morgan fingerprint density at radius 1 is 0.421 bits per heavy atom. The molecule has 0 aromatic rings. The van der Waals surface area contributed by atoms with E-state index >= 15 is 0 Å². The van der Waals surface area contributed by atoms with Crippen molar-refractivity contribution in [2.24, 2.45) is 0 Å². The fourth-order valence-electron chi connectivity index (χ4n) is 1.77. The van der Waals surface area contributed by atoms with E-state index < -0.39 is 0 Å². The van der Waals surface area contributed by atoms with E-state index in [2.05, 4.69) is 0 Å². The lowest BCUT2D eigenvalue weighted by atomic mass is 10.0. The average molecular weight is 278 g/mol. The number of aliphatic hydroxyl groups is 3. The predicted molar refractivity (Wildman–Crippen MR) is 84.4 cm³/mol. The third kappa shape index (κ3) is 46.2. The van der Waals surface area contributed by atoms with Gasteiger partial charge in [-0.05, 0) is 20.8 Å². The minimum absolute atomic E-state index is 0.250. The van der Waals surface area contributed by atoms with Crippen molar-refractivity contribution in [1.29, 1.82) is 0 Å². The van der Waals surface area contributed by atoms with Gasteiger partial charge in [-0.15, -0.1) is 0 Å². The summed E-state index contributed by atoms with van der Waals surface area (Å²) in [5, 5.41) is 22.7. The average Bonchev–Trinajstić information content (AvgIpc) is 2.39. The zero-order valence-corrected chi connectivity index (χ0v) is 13.5. The molecule has 1 rings (SSSR count). The number of hydrogen-bond acceptors (Lipinski definition) is 3. The molecule has 1 fully saturated rings. The van der Waals surface area contributed by atoms with Gasteiger partial charge in [-0.25, -0.2) is 0 Å². The van der Waals surface area contributed by atoms with Crippen LogP contribution in [0.2, 0.25) is 0 Å². The summed E-state index contributed by atoms with van der Waals surface area (Å²) in [4.78, 5) is 0. The molecular weight excluding hydrogens is 240 g/mol. The largest absolute Gasteiger partial charge is 0.397 e. The standard InChI is InChI=1S/C10H20.3C2H6O/c1-2-4-6-8-10-9-7-5-3-1;3*1-2-3/h1-10H2;3*3H,2H2,1H3. The molecule has 0 saturated heterocycles. The molecule has 19 heavy (non-hydrogen) atoms. The van der Waals surface area contributed by atoms with E-state index in [0.717, 1.165) is 0 Å². The monoisotopic (exact) mass is 278 g/mol. The van der Waals surface area contributed by atoms with Gasteiger partial charge in [0.1, 0.15) is 0 Å². The van der Waals surface area contributed by atoms with Gasteiger partial charge in [-0.3, -0.25) is 0 Å². The van der Waals surface area contributed by atoms with Crippen LogP contribution in [-0.4, -0.2) is 35.1 Å². The molecule has 0 atom stereocenters. The highest BCUT2D eigenvalue weighted by Gasteiger charge is 1.95. The smallest absolute Gasteiger partial charge is 0.0402 e. The highest BCUT2D eigenvalue weighted by Crippen LogP contribution is 2.15. The zero-order valence-electron chi connectivity index (χ0n) is 13.5. The van der Waals surface area contributed by atoms with Gasteiger partial charge in [-0.1, -0.05) is 64.2 Å². The summed E-state index contributed by atoms with van der Waals surface area (Å²) < 4.78 is 0. The van der Waals surface area contributed by atoms with Crippen molar-refractivity contribution in [1.82, 2.24) is 0 Å². The van der Waals surface area contributed by atoms with Crippen LogP contribution in [0.1, 0.15) is 85.0 Å². The first-order valence-electron chi connectivity index (χ1n) is 8.07. The Kier molecular flexibility index (Phi) is 38.7. The van der Waals surface area contributed by atoms with Crippen molar-refractivity contribution in [3.8, 4) is 0 Å². The number of hydrogen-bond donors (Lipinski definition) is 3. The van der Waals surface area contributed by atoms with Crippen molar-refractivity contribution in [3.63, 3.8) is 0 Å². The van der Waals surface area contributed by atoms with E-state index in [1.54, 1.807) is 20.8 Å². The molecule has 0 unspecified atom stereocenters. The first kappa shape index (κ1) is 23.9. The second kappa shape index (κ2) is 30.7. The highest BCUT2D eigenvalue weighted by molar-refractivity contribution is 4.51. The minimum atomic E-state index is 0.250. The quantitative estimate of drug-likeness (QED) is 0.630. The Morgan fingerprint density at radius 3 is 0.526 bits per heavy atom. The topological polar surface area (TPSA) is 60.7 Å². The fraction of sp³-hybridized carbons (Fsp3) is 1.00. The molecule has 1 saturated carbocycles. The van der Waals surface area contributed by atoms with Crippen molar-refractivity contribution in [3.05, 3.63) is 0 Å². The first-order valence-corrected chi connectivity index (χ1v) is 8.07. The Labute approximate surface area is 121 Å². The molecule has 3 heteroatoms. The summed E-state index contributed by atoms with van der Waals surface area (Å²) >= 11 is 0. The lowest BCUT2D eigenvalue weighted by molar-refractivity contribution is 0.318. The maximum absolute atomic E-state index is 7.57. The van der Waals surface area contributed by atoms with Crippen LogP contribution in [-0.2, 0) is 0 Å². The lowest BCUT2D eigenvalue weighted by Gasteiger charge is -2.05. The van der Waals surface area contributed by atoms with Gasteiger partial charge in [-0.2, -0.15) is 0 Å². The third-order valence-corrected chi connectivity index (χ3v) is 2.50. The molecule has 1 aliphatic carbocycles. The molecule has 0 aromatic carbocycles. The van der Waals surface area contributed by atoms with Gasteiger partial charge in [0.2, 0.25) is 0 Å². The van der Waals surface area contributed by atoms with Gasteiger partial charge >= 0.3 is 0 Å². The maximum atomic E-state index is 7.57. The predicted octanol–water partition coefficient (Wildman–Crippen LogP) is 3.90. The molecule has 3 N–H and O–H groups in total. The van der Waals surface area contributed by atoms with E-state index in [9.17, 15) is 0 Å².